The predicted molar refractivity (Wildman–Crippen MR) is 88.4 cm³/mol. The average Bonchev–Trinajstić information content (AvgIpc) is 2.34. The van der Waals surface area contributed by atoms with Gasteiger partial charge in [-0.25, -0.2) is 4.98 Å². The highest BCUT2D eigenvalue weighted by Crippen LogP contribution is 2.12. The van der Waals surface area contributed by atoms with Gasteiger partial charge in [-0.15, -0.1) is 24.8 Å². The quantitative estimate of drug-likeness (QED) is 0.672. The lowest BCUT2D eigenvalue weighted by atomic mass is 10.2. The maximum Gasteiger partial charge on any atom is 0.255 e. The molecular weight excluding hydrogens is 299 g/mol. The maximum absolute atomic E-state index is 12.0. The molecule has 7 heteroatoms. The van der Waals surface area contributed by atoms with Crippen molar-refractivity contribution in [1.29, 1.82) is 0 Å². The van der Waals surface area contributed by atoms with Crippen molar-refractivity contribution in [2.24, 2.45) is 0 Å². The van der Waals surface area contributed by atoms with E-state index in [1.54, 1.807) is 18.3 Å². The van der Waals surface area contributed by atoms with Crippen molar-refractivity contribution < 1.29 is 4.79 Å². The largest absolute Gasteiger partial charge is 0.367 e. The van der Waals surface area contributed by atoms with Crippen LogP contribution in [0.5, 0.6) is 0 Å². The molecule has 0 aliphatic rings. The number of aromatic nitrogens is 1. The van der Waals surface area contributed by atoms with Gasteiger partial charge in [0, 0.05) is 25.3 Å². The predicted octanol–water partition coefficient (Wildman–Crippen LogP) is 2.08. The molecule has 1 aromatic heterocycles. The van der Waals surface area contributed by atoms with Gasteiger partial charge in [0.1, 0.15) is 5.82 Å². The van der Waals surface area contributed by atoms with E-state index in [0.29, 0.717) is 17.9 Å². The number of nitrogens with zero attached hydrogens (tertiary/aromatic N) is 1. The van der Waals surface area contributed by atoms with Crippen LogP contribution in [0.3, 0.4) is 0 Å². The maximum atomic E-state index is 12.0. The molecular formula is C13H24Cl2N4O. The van der Waals surface area contributed by atoms with Gasteiger partial charge in [0.15, 0.2) is 0 Å². The summed E-state index contributed by atoms with van der Waals surface area (Å²) >= 11 is 0. The molecule has 3 N–H and O–H groups in total. The third-order valence-corrected chi connectivity index (χ3v) is 2.32. The number of anilines is 1. The van der Waals surface area contributed by atoms with Crippen LogP contribution >= 0.6 is 24.8 Å². The normalized spacial score (nSPS) is 9.40. The average molecular weight is 323 g/mol. The SMILES string of the molecule is CCNCCNC(=O)c1cccnc1NC(C)C.Cl.Cl. The fourth-order valence-corrected chi connectivity index (χ4v) is 1.51. The Bertz CT molecular complexity index is 388. The van der Waals surface area contributed by atoms with Crippen molar-refractivity contribution in [2.75, 3.05) is 25.0 Å². The van der Waals surface area contributed by atoms with Crippen LogP contribution in [0.15, 0.2) is 18.3 Å². The summed E-state index contributed by atoms with van der Waals surface area (Å²) < 4.78 is 0. The van der Waals surface area contributed by atoms with Crippen molar-refractivity contribution in [2.45, 2.75) is 26.8 Å². The molecule has 0 radical (unpaired) electrons. The Balaban J connectivity index is 0. The zero-order valence-corrected chi connectivity index (χ0v) is 13.7. The van der Waals surface area contributed by atoms with Crippen molar-refractivity contribution in [3.8, 4) is 0 Å². The first-order valence-electron chi connectivity index (χ1n) is 6.35. The Hall–Kier alpha value is -1.04. The summed E-state index contributed by atoms with van der Waals surface area (Å²) in [7, 11) is 0. The second-order valence-electron chi connectivity index (χ2n) is 4.31. The summed E-state index contributed by atoms with van der Waals surface area (Å²) in [6, 6.07) is 3.79. The van der Waals surface area contributed by atoms with Crippen LogP contribution in [0.4, 0.5) is 5.82 Å². The van der Waals surface area contributed by atoms with Gasteiger partial charge in [-0.2, -0.15) is 0 Å². The first-order valence-corrected chi connectivity index (χ1v) is 6.35. The van der Waals surface area contributed by atoms with Gasteiger partial charge in [0.2, 0.25) is 0 Å². The van der Waals surface area contributed by atoms with Gasteiger partial charge in [0.05, 0.1) is 5.56 Å². The van der Waals surface area contributed by atoms with Gasteiger partial charge < -0.3 is 16.0 Å². The number of halogens is 2. The van der Waals surface area contributed by atoms with Crippen molar-refractivity contribution in [1.82, 2.24) is 15.6 Å². The van der Waals surface area contributed by atoms with Crippen LogP contribution < -0.4 is 16.0 Å². The van der Waals surface area contributed by atoms with E-state index in [-0.39, 0.29) is 36.8 Å². The van der Waals surface area contributed by atoms with E-state index < -0.39 is 0 Å². The lowest BCUT2D eigenvalue weighted by Crippen LogP contribution is -2.32. The Morgan fingerprint density at radius 1 is 1.30 bits per heavy atom. The molecule has 0 fully saturated rings. The number of pyridine rings is 1. The number of likely N-dealkylation sites (N-methyl/N-ethyl adjacent to an activating group) is 1. The van der Waals surface area contributed by atoms with E-state index >= 15 is 0 Å². The van der Waals surface area contributed by atoms with E-state index in [0.717, 1.165) is 13.1 Å². The molecule has 1 amide bonds. The zero-order chi connectivity index (χ0) is 13.4. The lowest BCUT2D eigenvalue weighted by molar-refractivity contribution is 0.0954. The van der Waals surface area contributed by atoms with Gasteiger partial charge in [-0.3, -0.25) is 4.79 Å². The standard InChI is InChI=1S/C13H22N4O.2ClH/c1-4-14-8-9-16-13(18)11-6-5-7-15-12(11)17-10(2)3;;/h5-7,10,14H,4,8-9H2,1-3H3,(H,15,17)(H,16,18);2*1H. The first kappa shape index (κ1) is 21.3. The lowest BCUT2D eigenvalue weighted by Gasteiger charge is -2.13. The number of nitrogens with one attached hydrogen (secondary N) is 3. The molecule has 116 valence electrons. The topological polar surface area (TPSA) is 66.0 Å². The number of rotatable bonds is 7. The second-order valence-corrected chi connectivity index (χ2v) is 4.31. The Labute approximate surface area is 133 Å². The Morgan fingerprint density at radius 2 is 2.00 bits per heavy atom. The molecule has 5 nitrogen and oxygen atoms in total. The summed E-state index contributed by atoms with van der Waals surface area (Å²) in [6.07, 6.45) is 1.68. The third kappa shape index (κ3) is 7.53. The van der Waals surface area contributed by atoms with Crippen LogP contribution in [-0.4, -0.2) is 36.6 Å². The minimum Gasteiger partial charge on any atom is -0.367 e. The van der Waals surface area contributed by atoms with E-state index in [9.17, 15) is 4.79 Å². The molecule has 0 aliphatic heterocycles. The molecule has 0 bridgehead atoms. The molecule has 0 unspecified atom stereocenters. The summed E-state index contributed by atoms with van der Waals surface area (Å²) in [5, 5.41) is 9.19. The van der Waals surface area contributed by atoms with Crippen LogP contribution in [0.25, 0.3) is 0 Å². The highest BCUT2D eigenvalue weighted by molar-refractivity contribution is 5.98. The van der Waals surface area contributed by atoms with Crippen LogP contribution in [0.2, 0.25) is 0 Å². The second kappa shape index (κ2) is 11.8. The molecule has 1 aromatic rings. The number of amides is 1. The minimum atomic E-state index is -0.0934. The molecule has 0 atom stereocenters. The third-order valence-electron chi connectivity index (χ3n) is 2.32. The molecule has 0 saturated carbocycles. The van der Waals surface area contributed by atoms with Gasteiger partial charge in [-0.05, 0) is 32.5 Å². The fraction of sp³-hybridized carbons (Fsp3) is 0.538. The Morgan fingerprint density at radius 3 is 2.60 bits per heavy atom. The van der Waals surface area contributed by atoms with Gasteiger partial charge >= 0.3 is 0 Å². The van der Waals surface area contributed by atoms with E-state index in [1.807, 2.05) is 20.8 Å². The minimum absolute atomic E-state index is 0. The summed E-state index contributed by atoms with van der Waals surface area (Å²) in [5.41, 5.74) is 0.586. The zero-order valence-electron chi connectivity index (χ0n) is 12.1. The number of hydrogen-bond donors (Lipinski definition) is 3. The highest BCUT2D eigenvalue weighted by Gasteiger charge is 2.11. The molecule has 0 spiro atoms. The molecule has 0 aliphatic carbocycles. The van der Waals surface area contributed by atoms with Crippen LogP contribution in [0.1, 0.15) is 31.1 Å². The van der Waals surface area contributed by atoms with Crippen molar-refractivity contribution in [3.05, 3.63) is 23.9 Å². The monoisotopic (exact) mass is 322 g/mol. The molecule has 20 heavy (non-hydrogen) atoms. The summed E-state index contributed by atoms with van der Waals surface area (Å²) in [6.45, 7) is 8.36. The van der Waals surface area contributed by atoms with Gasteiger partial charge in [-0.1, -0.05) is 6.92 Å². The molecule has 0 saturated heterocycles. The van der Waals surface area contributed by atoms with Gasteiger partial charge in [0.25, 0.3) is 5.91 Å². The number of carbonyl (C=O) groups is 1. The number of hydrogen-bond acceptors (Lipinski definition) is 4. The number of carbonyl (C=O) groups excluding carboxylic acids is 1. The van der Waals surface area contributed by atoms with Crippen LogP contribution in [-0.2, 0) is 0 Å². The van der Waals surface area contributed by atoms with E-state index in [4.69, 9.17) is 0 Å². The summed E-state index contributed by atoms with van der Waals surface area (Å²) in [4.78, 5) is 16.2. The van der Waals surface area contributed by atoms with E-state index in [1.165, 1.54) is 0 Å². The molecule has 1 heterocycles. The van der Waals surface area contributed by atoms with Crippen molar-refractivity contribution >= 4 is 36.5 Å². The Kier molecular flexibility index (Phi) is 12.5. The van der Waals surface area contributed by atoms with Crippen molar-refractivity contribution in [3.63, 3.8) is 0 Å². The molecule has 1 rings (SSSR count). The summed E-state index contributed by atoms with van der Waals surface area (Å²) in [5.74, 6) is 0.539. The first-order chi connectivity index (χ1) is 8.65. The smallest absolute Gasteiger partial charge is 0.255 e. The van der Waals surface area contributed by atoms with E-state index in [2.05, 4.69) is 20.9 Å². The molecule has 0 aromatic carbocycles. The van der Waals surface area contributed by atoms with Crippen LogP contribution in [0, 0.1) is 0 Å². The highest BCUT2D eigenvalue weighted by atomic mass is 35.5. The fourth-order valence-electron chi connectivity index (χ4n) is 1.51.